The van der Waals surface area contributed by atoms with Gasteiger partial charge in [0.2, 0.25) is 10.0 Å². The Labute approximate surface area is 128 Å². The summed E-state index contributed by atoms with van der Waals surface area (Å²) in [6, 6.07) is 1.82. The summed E-state index contributed by atoms with van der Waals surface area (Å²) in [6.07, 6.45) is 0.924. The van der Waals surface area contributed by atoms with E-state index in [0.717, 1.165) is 6.07 Å². The molecule has 0 bridgehead atoms. The van der Waals surface area contributed by atoms with Crippen LogP contribution < -0.4 is 4.72 Å². The number of aryl methyl sites for hydroxylation is 1. The number of hydrogen-bond acceptors (Lipinski definition) is 5. The molecule has 2 N–H and O–H groups in total. The van der Waals surface area contributed by atoms with Gasteiger partial charge in [0.15, 0.2) is 0 Å². The molecule has 9 heteroatoms. The Hall–Kier alpha value is -1.22. The Morgan fingerprint density at radius 1 is 1.48 bits per heavy atom. The van der Waals surface area contributed by atoms with Gasteiger partial charge in [0.25, 0.3) is 5.69 Å². The lowest BCUT2D eigenvalue weighted by Gasteiger charge is -2.15. The first-order valence-corrected chi connectivity index (χ1v) is 8.13. The largest absolute Gasteiger partial charge is 0.396 e. The lowest BCUT2D eigenvalue weighted by Crippen LogP contribution is -2.33. The minimum Gasteiger partial charge on any atom is -0.396 e. The molecule has 0 aliphatic carbocycles. The molecule has 1 rings (SSSR count). The fourth-order valence-corrected chi connectivity index (χ4v) is 3.67. The van der Waals surface area contributed by atoms with Crippen LogP contribution in [0.4, 0.5) is 5.69 Å². The van der Waals surface area contributed by atoms with E-state index in [1.807, 2.05) is 0 Å². The number of nitro groups is 1. The van der Waals surface area contributed by atoms with Crippen molar-refractivity contribution < 1.29 is 18.4 Å². The van der Waals surface area contributed by atoms with Gasteiger partial charge in [-0.05, 0) is 38.3 Å². The van der Waals surface area contributed by atoms with Crippen molar-refractivity contribution in [1.29, 1.82) is 0 Å². The van der Waals surface area contributed by atoms with Gasteiger partial charge in [-0.15, -0.1) is 0 Å². The third-order valence-corrected chi connectivity index (χ3v) is 4.92. The normalized spacial score (nSPS) is 13.1. The van der Waals surface area contributed by atoms with Gasteiger partial charge in [-0.25, -0.2) is 13.1 Å². The van der Waals surface area contributed by atoms with Crippen molar-refractivity contribution in [3.63, 3.8) is 0 Å². The molecule has 1 atom stereocenters. The van der Waals surface area contributed by atoms with Gasteiger partial charge >= 0.3 is 0 Å². The van der Waals surface area contributed by atoms with Gasteiger partial charge in [-0.1, -0.05) is 11.6 Å². The first kappa shape index (κ1) is 17.8. The monoisotopic (exact) mass is 336 g/mol. The molecule has 1 aromatic rings. The number of aliphatic hydroxyl groups is 1. The van der Waals surface area contributed by atoms with E-state index in [2.05, 4.69) is 4.72 Å². The fraction of sp³-hybridized carbons (Fsp3) is 0.500. The van der Waals surface area contributed by atoms with Gasteiger partial charge in [-0.2, -0.15) is 0 Å². The number of hydrogen-bond donors (Lipinski definition) is 2. The van der Waals surface area contributed by atoms with Crippen molar-refractivity contribution in [1.82, 2.24) is 4.72 Å². The molecule has 21 heavy (non-hydrogen) atoms. The van der Waals surface area contributed by atoms with Crippen LogP contribution in [0.1, 0.15) is 25.3 Å². The zero-order valence-corrected chi connectivity index (χ0v) is 13.2. The smallest absolute Gasteiger partial charge is 0.289 e. The summed E-state index contributed by atoms with van der Waals surface area (Å²) < 4.78 is 27.0. The highest BCUT2D eigenvalue weighted by molar-refractivity contribution is 7.89. The van der Waals surface area contributed by atoms with Gasteiger partial charge in [0, 0.05) is 18.7 Å². The minimum atomic E-state index is -3.89. The predicted molar refractivity (Wildman–Crippen MR) is 78.9 cm³/mol. The number of nitrogens with one attached hydrogen (secondary N) is 1. The number of nitrogens with zero attached hydrogens (tertiary/aromatic N) is 1. The van der Waals surface area contributed by atoms with Gasteiger partial charge in [0.1, 0.15) is 5.02 Å². The van der Waals surface area contributed by atoms with E-state index >= 15 is 0 Å². The molecule has 0 aromatic heterocycles. The second-order valence-corrected chi connectivity index (χ2v) is 6.80. The molecule has 7 nitrogen and oxygen atoms in total. The third kappa shape index (κ3) is 4.63. The van der Waals surface area contributed by atoms with Crippen LogP contribution in [0.2, 0.25) is 5.02 Å². The van der Waals surface area contributed by atoms with E-state index in [1.54, 1.807) is 6.92 Å². The second-order valence-electron chi connectivity index (χ2n) is 4.71. The van der Waals surface area contributed by atoms with Crippen LogP contribution in [0, 0.1) is 17.0 Å². The van der Waals surface area contributed by atoms with Gasteiger partial charge in [-0.3, -0.25) is 10.1 Å². The summed E-state index contributed by atoms with van der Waals surface area (Å²) >= 11 is 5.74. The van der Waals surface area contributed by atoms with Crippen molar-refractivity contribution in [2.24, 2.45) is 0 Å². The third-order valence-electron chi connectivity index (χ3n) is 2.88. The van der Waals surface area contributed by atoms with Crippen LogP contribution in [0.25, 0.3) is 0 Å². The Morgan fingerprint density at radius 2 is 2.10 bits per heavy atom. The molecular formula is C12H17ClN2O5S. The number of nitro benzene ring substituents is 1. The maximum Gasteiger partial charge on any atom is 0.289 e. The van der Waals surface area contributed by atoms with Crippen molar-refractivity contribution >= 4 is 27.3 Å². The summed E-state index contributed by atoms with van der Waals surface area (Å²) in [6.45, 7) is 3.15. The summed E-state index contributed by atoms with van der Waals surface area (Å²) in [5, 5.41) is 19.5. The van der Waals surface area contributed by atoms with E-state index in [4.69, 9.17) is 16.7 Å². The zero-order valence-electron chi connectivity index (χ0n) is 11.7. The Balaban J connectivity index is 3.13. The Bertz CT molecular complexity index is 633. The molecule has 1 aromatic carbocycles. The number of rotatable bonds is 7. The average Bonchev–Trinajstić information content (AvgIpc) is 2.34. The maximum atomic E-state index is 12.3. The second kappa shape index (κ2) is 7.17. The molecule has 0 saturated heterocycles. The van der Waals surface area contributed by atoms with Crippen LogP contribution >= 0.6 is 11.6 Å². The van der Waals surface area contributed by atoms with Crippen molar-refractivity contribution in [2.45, 2.75) is 37.6 Å². The first-order valence-electron chi connectivity index (χ1n) is 6.26. The quantitative estimate of drug-likeness (QED) is 0.584. The molecular weight excluding hydrogens is 320 g/mol. The molecule has 0 radical (unpaired) electrons. The first-order chi connectivity index (χ1) is 9.69. The molecule has 0 heterocycles. The number of sulfonamides is 1. The SMILES string of the molecule is Cc1cc(Cl)c([N+](=O)[O-])cc1S(=O)(=O)NC(C)CCCO. The van der Waals surface area contributed by atoms with E-state index in [0.29, 0.717) is 18.4 Å². The topological polar surface area (TPSA) is 110 Å². The summed E-state index contributed by atoms with van der Waals surface area (Å²) in [7, 11) is -3.89. The van der Waals surface area contributed by atoms with Crippen LogP contribution in [-0.2, 0) is 10.0 Å². The molecule has 1 unspecified atom stereocenters. The molecule has 0 aliphatic rings. The predicted octanol–water partition coefficient (Wildman–Crippen LogP) is 2.00. The molecule has 0 aliphatic heterocycles. The van der Waals surface area contributed by atoms with E-state index in [1.165, 1.54) is 13.0 Å². The molecule has 0 spiro atoms. The van der Waals surface area contributed by atoms with Crippen LogP contribution in [0.5, 0.6) is 0 Å². The Kier molecular flexibility index (Phi) is 6.09. The van der Waals surface area contributed by atoms with Gasteiger partial charge in [0.05, 0.1) is 9.82 Å². The standard InChI is InChI=1S/C12H17ClN2O5S/c1-8-6-10(13)11(15(17)18)7-12(8)21(19,20)14-9(2)4-3-5-16/h6-7,9,14,16H,3-5H2,1-2H3. The Morgan fingerprint density at radius 3 is 2.62 bits per heavy atom. The van der Waals surface area contributed by atoms with E-state index in [9.17, 15) is 18.5 Å². The highest BCUT2D eigenvalue weighted by atomic mass is 35.5. The fourth-order valence-electron chi connectivity index (χ4n) is 1.86. The van der Waals surface area contributed by atoms with Crippen LogP contribution in [0.15, 0.2) is 17.0 Å². The average molecular weight is 337 g/mol. The lowest BCUT2D eigenvalue weighted by atomic mass is 10.2. The zero-order chi connectivity index (χ0) is 16.2. The molecule has 0 fully saturated rings. The van der Waals surface area contributed by atoms with Crippen LogP contribution in [-0.4, -0.2) is 31.1 Å². The highest BCUT2D eigenvalue weighted by Gasteiger charge is 2.24. The number of halogens is 1. The summed E-state index contributed by atoms with van der Waals surface area (Å²) in [5.41, 5.74) is -0.127. The molecule has 0 amide bonds. The van der Waals surface area contributed by atoms with Crippen molar-refractivity contribution in [3.8, 4) is 0 Å². The molecule has 0 saturated carbocycles. The van der Waals surface area contributed by atoms with E-state index < -0.39 is 26.7 Å². The van der Waals surface area contributed by atoms with Crippen molar-refractivity contribution in [2.75, 3.05) is 6.61 Å². The van der Waals surface area contributed by atoms with Gasteiger partial charge < -0.3 is 5.11 Å². The number of aliphatic hydroxyl groups excluding tert-OH is 1. The summed E-state index contributed by atoms with van der Waals surface area (Å²) in [4.78, 5) is 9.96. The minimum absolute atomic E-state index is 0.0302. The number of benzene rings is 1. The summed E-state index contributed by atoms with van der Waals surface area (Å²) in [5.74, 6) is 0. The lowest BCUT2D eigenvalue weighted by molar-refractivity contribution is -0.384. The van der Waals surface area contributed by atoms with Crippen LogP contribution in [0.3, 0.4) is 0 Å². The maximum absolute atomic E-state index is 12.3. The highest BCUT2D eigenvalue weighted by Crippen LogP contribution is 2.30. The van der Waals surface area contributed by atoms with E-state index in [-0.39, 0.29) is 16.5 Å². The molecule has 118 valence electrons. The van der Waals surface area contributed by atoms with Crippen molar-refractivity contribution in [3.05, 3.63) is 32.8 Å².